The van der Waals surface area contributed by atoms with Crippen LogP contribution in [0, 0.1) is 12.8 Å². The van der Waals surface area contributed by atoms with Crippen molar-refractivity contribution < 1.29 is 4.42 Å². The van der Waals surface area contributed by atoms with Crippen molar-refractivity contribution in [2.45, 2.75) is 71.6 Å². The van der Waals surface area contributed by atoms with Crippen LogP contribution in [0.25, 0.3) is 72.4 Å². The van der Waals surface area contributed by atoms with Gasteiger partial charge < -0.3 is 4.42 Å². The molecule has 1 aliphatic carbocycles. The van der Waals surface area contributed by atoms with Crippen molar-refractivity contribution in [3.8, 4) is 39.3 Å². The highest BCUT2D eigenvalue weighted by Gasteiger charge is 2.28. The summed E-state index contributed by atoms with van der Waals surface area (Å²) in [5.74, 6) is 1.95. The van der Waals surface area contributed by atoms with E-state index in [1.807, 2.05) is 0 Å². The lowest BCUT2D eigenvalue weighted by Gasteiger charge is -2.26. The smallest absolute Gasteiger partial charge is 0.227 e. The van der Waals surface area contributed by atoms with E-state index in [2.05, 4.69) is 161 Å². The molecule has 4 heteroatoms. The molecule has 0 N–H and O–H groups in total. The minimum atomic E-state index is -0.0660. The standard InChI is InChI=1S/C48H45N3O/c1-30-23-26-43-42(27-30)49-46(38-22-14-21-36-37-24-25-41(50-47(37)52-45(36)38)31(2)32-15-12-13-16-32)51(43)44-39(33-17-8-6-9-18-33)28-35(48(3,4)5)29-40(44)34-19-10-7-11-20-34/h6-11,14,17-29,31-32H,12-13,15-16H2,1-5H3. The molecule has 1 aliphatic rings. The molecule has 5 aromatic carbocycles. The van der Waals surface area contributed by atoms with Crippen LogP contribution in [-0.4, -0.2) is 14.5 Å². The van der Waals surface area contributed by atoms with Gasteiger partial charge in [0.05, 0.1) is 22.3 Å². The van der Waals surface area contributed by atoms with Gasteiger partial charge in [-0.3, -0.25) is 4.57 Å². The molecule has 0 bridgehead atoms. The quantitative estimate of drug-likeness (QED) is 0.176. The molecule has 8 aromatic rings. The summed E-state index contributed by atoms with van der Waals surface area (Å²) in [5, 5.41) is 2.10. The van der Waals surface area contributed by atoms with Crippen molar-refractivity contribution in [1.82, 2.24) is 14.5 Å². The van der Waals surface area contributed by atoms with Crippen molar-refractivity contribution in [3.63, 3.8) is 0 Å². The lowest BCUT2D eigenvalue weighted by Crippen LogP contribution is -2.13. The van der Waals surface area contributed by atoms with Crippen molar-refractivity contribution in [1.29, 1.82) is 0 Å². The summed E-state index contributed by atoms with van der Waals surface area (Å²) < 4.78 is 9.21. The van der Waals surface area contributed by atoms with Crippen LogP contribution < -0.4 is 0 Å². The number of para-hydroxylation sites is 1. The van der Waals surface area contributed by atoms with Crippen molar-refractivity contribution >= 4 is 33.1 Å². The number of benzene rings is 5. The van der Waals surface area contributed by atoms with E-state index in [0.717, 1.165) is 72.4 Å². The summed E-state index contributed by atoms with van der Waals surface area (Å²) in [6.07, 6.45) is 5.21. The Kier molecular flexibility index (Phi) is 7.88. The van der Waals surface area contributed by atoms with Gasteiger partial charge in [0.15, 0.2) is 0 Å². The van der Waals surface area contributed by atoms with Crippen LogP contribution in [0.1, 0.15) is 76.1 Å². The summed E-state index contributed by atoms with van der Waals surface area (Å²) in [5.41, 5.74) is 13.7. The van der Waals surface area contributed by atoms with E-state index >= 15 is 0 Å². The number of pyridine rings is 1. The zero-order valence-corrected chi connectivity index (χ0v) is 30.8. The number of aromatic nitrogens is 3. The highest BCUT2D eigenvalue weighted by Crippen LogP contribution is 2.45. The SMILES string of the molecule is Cc1ccc2c(c1)nc(-c1cccc3c1oc1nc(C(C)C4CCCC4)ccc13)n2-c1c(-c2ccccc2)cc(C(C)(C)C)cc1-c1ccccc1. The first-order chi connectivity index (χ1) is 25.2. The highest BCUT2D eigenvalue weighted by molar-refractivity contribution is 6.09. The normalized spacial score (nSPS) is 14.6. The number of rotatable bonds is 6. The molecule has 1 fully saturated rings. The summed E-state index contributed by atoms with van der Waals surface area (Å²) in [6, 6.07) is 43.9. The molecule has 0 saturated heterocycles. The van der Waals surface area contributed by atoms with Gasteiger partial charge in [0, 0.05) is 33.5 Å². The van der Waals surface area contributed by atoms with Gasteiger partial charge in [-0.2, -0.15) is 0 Å². The fourth-order valence-corrected chi connectivity index (χ4v) is 8.40. The number of nitrogens with zero attached hydrogens (tertiary/aromatic N) is 3. The third-order valence-corrected chi connectivity index (χ3v) is 11.4. The van der Waals surface area contributed by atoms with Crippen molar-refractivity contribution in [2.24, 2.45) is 5.92 Å². The summed E-state index contributed by atoms with van der Waals surface area (Å²) in [7, 11) is 0. The van der Waals surface area contributed by atoms with Crippen LogP contribution in [0.2, 0.25) is 0 Å². The van der Waals surface area contributed by atoms with E-state index in [1.54, 1.807) is 0 Å². The van der Waals surface area contributed by atoms with Crippen LogP contribution in [0.5, 0.6) is 0 Å². The Morgan fingerprint density at radius 1 is 0.692 bits per heavy atom. The number of furan rings is 1. The Morgan fingerprint density at radius 2 is 1.37 bits per heavy atom. The second-order valence-electron chi connectivity index (χ2n) is 15.9. The zero-order chi connectivity index (χ0) is 35.6. The number of fused-ring (bicyclic) bond motifs is 4. The molecule has 1 atom stereocenters. The van der Waals surface area contributed by atoms with Gasteiger partial charge in [-0.25, -0.2) is 9.97 Å². The second kappa shape index (κ2) is 12.6. The second-order valence-corrected chi connectivity index (χ2v) is 15.9. The minimum Gasteiger partial charge on any atom is -0.437 e. The molecule has 1 unspecified atom stereocenters. The number of aryl methyl sites for hydroxylation is 1. The number of hydrogen-bond donors (Lipinski definition) is 0. The predicted molar refractivity (Wildman–Crippen MR) is 216 cm³/mol. The van der Waals surface area contributed by atoms with Gasteiger partial charge in [0.2, 0.25) is 5.71 Å². The molecule has 0 spiro atoms. The lowest BCUT2D eigenvalue weighted by atomic mass is 9.82. The van der Waals surface area contributed by atoms with Crippen LogP contribution in [0.4, 0.5) is 0 Å². The predicted octanol–water partition coefficient (Wildman–Crippen LogP) is 13.2. The molecule has 52 heavy (non-hydrogen) atoms. The summed E-state index contributed by atoms with van der Waals surface area (Å²) in [4.78, 5) is 10.6. The van der Waals surface area contributed by atoms with Gasteiger partial charge in [-0.1, -0.05) is 119 Å². The van der Waals surface area contributed by atoms with E-state index in [9.17, 15) is 0 Å². The molecule has 258 valence electrons. The Labute approximate surface area is 306 Å². The van der Waals surface area contributed by atoms with Gasteiger partial charge in [-0.05, 0) is 95.8 Å². The van der Waals surface area contributed by atoms with Crippen LogP contribution in [-0.2, 0) is 5.41 Å². The Balaban J connectivity index is 1.36. The zero-order valence-electron chi connectivity index (χ0n) is 30.8. The van der Waals surface area contributed by atoms with E-state index in [1.165, 1.54) is 36.8 Å². The molecule has 3 aromatic heterocycles. The van der Waals surface area contributed by atoms with Crippen LogP contribution >= 0.6 is 0 Å². The monoisotopic (exact) mass is 679 g/mol. The van der Waals surface area contributed by atoms with Gasteiger partial charge in [0.1, 0.15) is 11.4 Å². The van der Waals surface area contributed by atoms with Crippen molar-refractivity contribution in [2.75, 3.05) is 0 Å². The fourth-order valence-electron chi connectivity index (χ4n) is 8.40. The lowest BCUT2D eigenvalue weighted by molar-refractivity contribution is 0.452. The Bertz CT molecular complexity index is 2520. The maximum atomic E-state index is 6.83. The first-order valence-electron chi connectivity index (χ1n) is 18.9. The summed E-state index contributed by atoms with van der Waals surface area (Å²) >= 11 is 0. The molecule has 9 rings (SSSR count). The average molecular weight is 680 g/mol. The van der Waals surface area contributed by atoms with Crippen LogP contribution in [0.15, 0.2) is 126 Å². The maximum Gasteiger partial charge on any atom is 0.227 e. The van der Waals surface area contributed by atoms with Gasteiger partial charge >= 0.3 is 0 Å². The largest absolute Gasteiger partial charge is 0.437 e. The van der Waals surface area contributed by atoms with E-state index in [0.29, 0.717) is 17.5 Å². The number of imidazole rings is 1. The van der Waals surface area contributed by atoms with E-state index < -0.39 is 0 Å². The maximum absolute atomic E-state index is 6.83. The molecular weight excluding hydrogens is 635 g/mol. The third kappa shape index (κ3) is 5.53. The molecule has 1 saturated carbocycles. The first-order valence-corrected chi connectivity index (χ1v) is 18.9. The minimum absolute atomic E-state index is 0.0660. The van der Waals surface area contributed by atoms with Gasteiger partial charge in [-0.15, -0.1) is 0 Å². The molecular formula is C48H45N3O. The Morgan fingerprint density at radius 3 is 2.02 bits per heavy atom. The molecule has 4 nitrogen and oxygen atoms in total. The third-order valence-electron chi connectivity index (χ3n) is 11.4. The van der Waals surface area contributed by atoms with Gasteiger partial charge in [0.25, 0.3) is 0 Å². The summed E-state index contributed by atoms with van der Waals surface area (Å²) in [6.45, 7) is 11.4. The first kappa shape index (κ1) is 32.4. The van der Waals surface area contributed by atoms with E-state index in [4.69, 9.17) is 14.4 Å². The topological polar surface area (TPSA) is 43.9 Å². The van der Waals surface area contributed by atoms with Crippen LogP contribution in [0.3, 0.4) is 0 Å². The average Bonchev–Trinajstić information content (AvgIpc) is 3.92. The van der Waals surface area contributed by atoms with Crippen molar-refractivity contribution in [3.05, 3.63) is 138 Å². The molecule has 0 aliphatic heterocycles. The fraction of sp³-hybridized carbons (Fsp3) is 0.250. The molecule has 0 radical (unpaired) electrons. The number of hydrogen-bond acceptors (Lipinski definition) is 3. The molecule has 0 amide bonds. The Hall–Kier alpha value is -5.48. The highest BCUT2D eigenvalue weighted by atomic mass is 16.3. The molecule has 3 heterocycles. The van der Waals surface area contributed by atoms with E-state index in [-0.39, 0.29) is 5.41 Å².